The van der Waals surface area contributed by atoms with E-state index in [1.807, 2.05) is 0 Å². The van der Waals surface area contributed by atoms with Crippen molar-refractivity contribution in [3.8, 4) is 0 Å². The molecule has 4 rings (SSSR count). The van der Waals surface area contributed by atoms with Crippen molar-refractivity contribution in [2.24, 2.45) is 21.9 Å². The van der Waals surface area contributed by atoms with Gasteiger partial charge < -0.3 is 9.57 Å². The van der Waals surface area contributed by atoms with Gasteiger partial charge in [-0.15, -0.1) is 0 Å². The van der Waals surface area contributed by atoms with E-state index in [2.05, 4.69) is 25.9 Å². The zero-order valence-corrected chi connectivity index (χ0v) is 13.5. The van der Waals surface area contributed by atoms with E-state index >= 15 is 0 Å². The van der Waals surface area contributed by atoms with Crippen LogP contribution in [0, 0.1) is 26.9 Å². The third-order valence-electron chi connectivity index (χ3n) is 6.65. The molecule has 0 radical (unpaired) electrons. The van der Waals surface area contributed by atoms with Crippen LogP contribution in [0.15, 0.2) is 29.4 Å². The fourth-order valence-electron chi connectivity index (χ4n) is 4.62. The first kappa shape index (κ1) is 14.5. The van der Waals surface area contributed by atoms with E-state index in [4.69, 9.17) is 9.57 Å². The molecule has 0 saturated heterocycles. The van der Waals surface area contributed by atoms with Crippen molar-refractivity contribution in [3.05, 3.63) is 39.9 Å². The molecule has 6 nitrogen and oxygen atoms in total. The summed E-state index contributed by atoms with van der Waals surface area (Å²) in [6.07, 6.45) is 3.11. The average molecular weight is 316 g/mol. The molecule has 0 aromatic heterocycles. The van der Waals surface area contributed by atoms with Gasteiger partial charge in [0.05, 0.1) is 10.3 Å². The highest BCUT2D eigenvalue weighted by Gasteiger charge is 2.74. The number of nitro benzene ring substituents is 1. The normalized spacial score (nSPS) is 36.7. The second kappa shape index (κ2) is 4.24. The van der Waals surface area contributed by atoms with Crippen molar-refractivity contribution in [1.29, 1.82) is 0 Å². The second-order valence-electron chi connectivity index (χ2n) is 7.64. The first-order valence-corrected chi connectivity index (χ1v) is 7.99. The van der Waals surface area contributed by atoms with Crippen LogP contribution in [0.5, 0.6) is 0 Å². The van der Waals surface area contributed by atoms with Gasteiger partial charge >= 0.3 is 0 Å². The Balaban J connectivity index is 1.61. The van der Waals surface area contributed by atoms with Gasteiger partial charge in [0.25, 0.3) is 17.4 Å². The number of oxime groups is 1. The van der Waals surface area contributed by atoms with E-state index in [9.17, 15) is 10.1 Å². The Bertz CT molecular complexity index is 712. The molecule has 1 spiro atoms. The molecule has 2 bridgehead atoms. The van der Waals surface area contributed by atoms with E-state index in [0.29, 0.717) is 17.4 Å². The molecule has 2 saturated carbocycles. The van der Waals surface area contributed by atoms with Gasteiger partial charge in [0.1, 0.15) is 0 Å². The third-order valence-corrected chi connectivity index (χ3v) is 6.65. The monoisotopic (exact) mass is 316 g/mol. The van der Waals surface area contributed by atoms with Crippen LogP contribution in [-0.2, 0) is 9.57 Å². The Hall–Kier alpha value is -2.11. The molecule has 0 unspecified atom stereocenters. The zero-order chi connectivity index (χ0) is 16.5. The molecule has 0 amide bonds. The maximum absolute atomic E-state index is 10.8. The van der Waals surface area contributed by atoms with E-state index in [1.54, 1.807) is 12.1 Å². The van der Waals surface area contributed by atoms with E-state index in [0.717, 1.165) is 12.8 Å². The summed E-state index contributed by atoms with van der Waals surface area (Å²) in [5.74, 6) is 0.291. The summed E-state index contributed by atoms with van der Waals surface area (Å²) in [5, 5.41) is 14.9. The molecule has 2 aliphatic carbocycles. The summed E-state index contributed by atoms with van der Waals surface area (Å²) < 4.78 is 6.23. The summed E-state index contributed by atoms with van der Waals surface area (Å²) >= 11 is 0. The largest absolute Gasteiger partial charge is 0.429 e. The highest BCUT2D eigenvalue weighted by atomic mass is 16.8. The van der Waals surface area contributed by atoms with Crippen molar-refractivity contribution in [2.75, 3.05) is 0 Å². The third kappa shape index (κ3) is 1.66. The Labute approximate surface area is 134 Å². The molecule has 1 heterocycles. The van der Waals surface area contributed by atoms with Gasteiger partial charge in [-0.2, -0.15) is 0 Å². The van der Waals surface area contributed by atoms with Crippen LogP contribution in [0.1, 0.15) is 45.6 Å². The Morgan fingerprint density at radius 1 is 1.26 bits per heavy atom. The van der Waals surface area contributed by atoms with E-state index in [-0.39, 0.29) is 16.5 Å². The first-order chi connectivity index (χ1) is 10.8. The Kier molecular flexibility index (Phi) is 2.67. The highest BCUT2D eigenvalue weighted by Crippen LogP contribution is 2.71. The molecule has 2 fully saturated rings. The summed E-state index contributed by atoms with van der Waals surface area (Å²) in [7, 11) is 0. The Morgan fingerprint density at radius 2 is 1.96 bits per heavy atom. The minimum atomic E-state index is -0.698. The molecular formula is C17H20N2O4. The van der Waals surface area contributed by atoms with Gasteiger partial charge in [0.15, 0.2) is 0 Å². The van der Waals surface area contributed by atoms with Crippen molar-refractivity contribution < 1.29 is 14.5 Å². The van der Waals surface area contributed by atoms with Crippen LogP contribution in [0.4, 0.5) is 5.69 Å². The molecule has 1 aromatic rings. The summed E-state index contributed by atoms with van der Waals surface area (Å²) in [6.45, 7) is 6.81. The highest BCUT2D eigenvalue weighted by molar-refractivity contribution is 5.94. The molecular weight excluding hydrogens is 296 g/mol. The molecule has 3 atom stereocenters. The number of nitrogens with zero attached hydrogens (tertiary/aromatic N) is 2. The number of ether oxygens (including phenoxy) is 1. The molecule has 1 aromatic carbocycles. The quantitative estimate of drug-likeness (QED) is 0.613. The van der Waals surface area contributed by atoms with E-state index < -0.39 is 10.7 Å². The lowest BCUT2D eigenvalue weighted by Crippen LogP contribution is -2.48. The maximum Gasteiger partial charge on any atom is 0.283 e. The van der Waals surface area contributed by atoms with Crippen LogP contribution < -0.4 is 0 Å². The molecule has 122 valence electrons. The summed E-state index contributed by atoms with van der Waals surface area (Å²) in [6, 6.07) is 6.22. The minimum Gasteiger partial charge on any atom is -0.429 e. The zero-order valence-electron chi connectivity index (χ0n) is 13.5. The van der Waals surface area contributed by atoms with Gasteiger partial charge in [-0.25, -0.2) is 0 Å². The summed E-state index contributed by atoms with van der Waals surface area (Å²) in [4.78, 5) is 16.2. The molecule has 23 heavy (non-hydrogen) atoms. The maximum atomic E-state index is 10.8. The molecule has 6 heteroatoms. The van der Waals surface area contributed by atoms with Gasteiger partial charge in [-0.1, -0.05) is 20.8 Å². The number of hydrogen-bond acceptors (Lipinski definition) is 5. The minimum absolute atomic E-state index is 0.0518. The van der Waals surface area contributed by atoms with Crippen LogP contribution in [0.3, 0.4) is 0 Å². The standard InChI is InChI=1S/C17H20N2O4/c1-15(2)12-8-9-16(15,3)17(10-12)22-14(18-23-17)11-4-6-13(7-5-11)19(20)21/h4-7,12H,8-10H2,1-3H3/t12-,16-,17-/m1/s1. The summed E-state index contributed by atoms with van der Waals surface area (Å²) in [5.41, 5.74) is 0.817. The number of non-ortho nitro benzene ring substituents is 1. The van der Waals surface area contributed by atoms with Crippen molar-refractivity contribution in [3.63, 3.8) is 0 Å². The number of nitro groups is 1. The number of rotatable bonds is 2. The van der Waals surface area contributed by atoms with Crippen LogP contribution in [0.2, 0.25) is 0 Å². The lowest BCUT2D eigenvalue weighted by molar-refractivity contribution is -0.384. The smallest absolute Gasteiger partial charge is 0.283 e. The predicted octanol–water partition coefficient (Wildman–Crippen LogP) is 3.85. The fraction of sp³-hybridized carbons (Fsp3) is 0.588. The van der Waals surface area contributed by atoms with Gasteiger partial charge in [-0.3, -0.25) is 10.1 Å². The van der Waals surface area contributed by atoms with Crippen LogP contribution in [-0.4, -0.2) is 16.6 Å². The number of benzene rings is 1. The van der Waals surface area contributed by atoms with Gasteiger partial charge in [0.2, 0.25) is 0 Å². The van der Waals surface area contributed by atoms with Crippen LogP contribution in [0.25, 0.3) is 0 Å². The lowest BCUT2D eigenvalue weighted by Gasteiger charge is -2.42. The Morgan fingerprint density at radius 3 is 2.48 bits per heavy atom. The number of fused-ring (bicyclic) bond motifs is 3. The predicted molar refractivity (Wildman–Crippen MR) is 83.8 cm³/mol. The van der Waals surface area contributed by atoms with Crippen molar-refractivity contribution in [2.45, 2.75) is 45.8 Å². The topological polar surface area (TPSA) is 74.0 Å². The van der Waals surface area contributed by atoms with Gasteiger partial charge in [0, 0.05) is 24.1 Å². The van der Waals surface area contributed by atoms with Crippen molar-refractivity contribution in [1.82, 2.24) is 0 Å². The number of hydrogen-bond donors (Lipinski definition) is 0. The van der Waals surface area contributed by atoms with Crippen molar-refractivity contribution >= 4 is 11.6 Å². The second-order valence-corrected chi connectivity index (χ2v) is 7.64. The first-order valence-electron chi connectivity index (χ1n) is 7.99. The fourth-order valence-corrected chi connectivity index (χ4v) is 4.62. The van der Waals surface area contributed by atoms with Gasteiger partial charge in [-0.05, 0) is 41.5 Å². The van der Waals surface area contributed by atoms with Crippen LogP contribution >= 0.6 is 0 Å². The molecule has 3 aliphatic rings. The SMILES string of the molecule is CC1(C)[C@@H]2CC[C@@]1(C)[C@@]1(C2)ON=C(c2ccc([N+](=O)[O-])cc2)O1. The molecule has 1 aliphatic heterocycles. The molecule has 0 N–H and O–H groups in total. The average Bonchev–Trinajstić information content (AvgIpc) is 3.08. The lowest BCUT2D eigenvalue weighted by atomic mass is 9.68. The van der Waals surface area contributed by atoms with E-state index in [1.165, 1.54) is 18.6 Å².